The molecular weight excluding hydrogens is 895 g/mol. The zero-order valence-electron chi connectivity index (χ0n) is 42.5. The van der Waals surface area contributed by atoms with Gasteiger partial charge in [-0.15, -0.1) is 0 Å². The van der Waals surface area contributed by atoms with Crippen LogP contribution in [0.1, 0.15) is 148 Å². The van der Waals surface area contributed by atoms with Gasteiger partial charge in [-0.1, -0.05) is 178 Å². The van der Waals surface area contributed by atoms with Crippen molar-refractivity contribution in [2.45, 2.75) is 149 Å². The maximum Gasteiger partial charge on any atom is 0.299 e. The van der Waals surface area contributed by atoms with E-state index >= 15 is 4.79 Å². The highest BCUT2D eigenvalue weighted by Crippen LogP contribution is 2.42. The molecule has 0 amide bonds. The molecule has 0 atom stereocenters. The quantitative estimate of drug-likeness (QED) is 0.0258. The number of aromatic nitrogens is 4. The largest absolute Gasteiger partial charge is 0.397 e. The molecule has 6 aromatic carbocycles. The summed E-state index contributed by atoms with van der Waals surface area (Å²) in [6.45, 7) is 8.08. The number of benzene rings is 6. The summed E-state index contributed by atoms with van der Waals surface area (Å²) in [5, 5.41) is 19.0. The average molecular weight is 964 g/mol. The molecule has 0 fully saturated rings. The minimum absolute atomic E-state index is 0.0880. The van der Waals surface area contributed by atoms with Crippen molar-refractivity contribution < 1.29 is 4.92 Å². The van der Waals surface area contributed by atoms with Crippen LogP contribution in [0, 0.1) is 17.0 Å². The normalized spacial score (nSPS) is 12.2. The summed E-state index contributed by atoms with van der Waals surface area (Å²) in [7, 11) is 0. The second-order valence-electron chi connectivity index (χ2n) is 20.6. The zero-order valence-corrected chi connectivity index (χ0v) is 42.5. The van der Waals surface area contributed by atoms with Crippen molar-refractivity contribution in [3.05, 3.63) is 121 Å². The van der Waals surface area contributed by atoms with Crippen LogP contribution in [0.4, 0.5) is 17.1 Å². The lowest BCUT2D eigenvalue weighted by Crippen LogP contribution is -2.26. The Kier molecular flexibility index (Phi) is 14.5. The summed E-state index contributed by atoms with van der Waals surface area (Å²) < 4.78 is 3.29. The summed E-state index contributed by atoms with van der Waals surface area (Å²) in [6.07, 6.45) is 24.8. The van der Waals surface area contributed by atoms with Crippen molar-refractivity contribution in [2.24, 2.45) is 0 Å². The van der Waals surface area contributed by atoms with Crippen LogP contribution in [0.15, 0.2) is 94.5 Å². The van der Waals surface area contributed by atoms with Crippen LogP contribution in [0.5, 0.6) is 0 Å². The number of rotatable bonds is 25. The van der Waals surface area contributed by atoms with Gasteiger partial charge in [-0.25, -0.2) is 9.97 Å². The van der Waals surface area contributed by atoms with Gasteiger partial charge in [0.2, 0.25) is 0 Å². The molecule has 10 aromatic rings. The Morgan fingerprint density at radius 1 is 0.528 bits per heavy atom. The molecule has 72 heavy (non-hydrogen) atoms. The van der Waals surface area contributed by atoms with Gasteiger partial charge in [-0.2, -0.15) is 0 Å². The van der Waals surface area contributed by atoms with E-state index in [0.29, 0.717) is 44.3 Å². The summed E-state index contributed by atoms with van der Waals surface area (Å²) >= 11 is 0. The van der Waals surface area contributed by atoms with Crippen LogP contribution in [0.25, 0.3) is 87.6 Å². The fourth-order valence-corrected chi connectivity index (χ4v) is 11.8. The van der Waals surface area contributed by atoms with Crippen molar-refractivity contribution in [2.75, 3.05) is 23.7 Å². The van der Waals surface area contributed by atoms with Crippen molar-refractivity contribution in [3.63, 3.8) is 0 Å². The summed E-state index contributed by atoms with van der Waals surface area (Å²) in [5.74, 6) is 0. The number of fused-ring (bicyclic) bond motifs is 8. The van der Waals surface area contributed by atoms with E-state index in [-0.39, 0.29) is 27.2 Å². The highest BCUT2D eigenvalue weighted by Gasteiger charge is 2.26. The number of hydrogen-bond acceptors (Lipinski definition) is 8. The molecule has 0 aliphatic heterocycles. The van der Waals surface area contributed by atoms with Gasteiger partial charge in [0.25, 0.3) is 16.8 Å². The summed E-state index contributed by atoms with van der Waals surface area (Å²) in [5.41, 5.74) is 12.9. The predicted octanol–water partition coefficient (Wildman–Crippen LogP) is 15.6. The number of nitro benzene ring substituents is 1. The van der Waals surface area contributed by atoms with Crippen LogP contribution >= 0.6 is 0 Å². The molecule has 0 aliphatic rings. The zero-order chi connectivity index (χ0) is 49.9. The van der Waals surface area contributed by atoms with Crippen LogP contribution in [0.3, 0.4) is 0 Å². The second kappa shape index (κ2) is 21.5. The number of nitrogen functional groups attached to an aromatic ring is 1. The highest BCUT2D eigenvalue weighted by atomic mass is 16.6. The number of non-ortho nitro benzene ring substituents is 1. The molecule has 10 rings (SSSR count). The number of unbranched alkanes of at least 4 members (excludes halogenated alkanes) is 18. The van der Waals surface area contributed by atoms with E-state index in [1.54, 1.807) is 14.9 Å². The van der Waals surface area contributed by atoms with Gasteiger partial charge in [0.1, 0.15) is 16.8 Å². The Hall–Kier alpha value is -6.88. The molecule has 0 saturated heterocycles. The first-order valence-electron chi connectivity index (χ1n) is 27.2. The number of hydrogen-bond donors (Lipinski definition) is 1. The van der Waals surface area contributed by atoms with Crippen molar-refractivity contribution in [3.8, 4) is 11.1 Å². The average Bonchev–Trinajstić information content (AvgIpc) is 3.97. The fourth-order valence-electron chi connectivity index (χ4n) is 11.8. The lowest BCUT2D eigenvalue weighted by atomic mass is 9.90. The maximum absolute atomic E-state index is 15.0. The summed E-state index contributed by atoms with van der Waals surface area (Å²) in [6, 6.07) is 27.2. The topological polar surface area (TPSA) is 141 Å². The van der Waals surface area contributed by atoms with Crippen molar-refractivity contribution >= 4 is 93.5 Å². The van der Waals surface area contributed by atoms with E-state index in [4.69, 9.17) is 15.7 Å². The van der Waals surface area contributed by atoms with E-state index in [1.807, 2.05) is 85.8 Å². The van der Waals surface area contributed by atoms with Crippen LogP contribution in [0.2, 0.25) is 0 Å². The first-order valence-corrected chi connectivity index (χ1v) is 27.2. The lowest BCUT2D eigenvalue weighted by molar-refractivity contribution is -0.383. The van der Waals surface area contributed by atoms with Gasteiger partial charge in [-0.3, -0.25) is 28.5 Å². The Balaban J connectivity index is 1.01. The van der Waals surface area contributed by atoms with Gasteiger partial charge in [0.15, 0.2) is 5.52 Å². The van der Waals surface area contributed by atoms with E-state index in [0.717, 1.165) is 93.5 Å². The smallest absolute Gasteiger partial charge is 0.299 e. The standard InChI is InChI=1S/C61H69N7O4/c1-4-6-8-10-12-14-16-18-20-22-34-65(35-23-21-19-17-15-13-11-9-7-5-2)41-38-52-57(53(39-41)68(71)72)64-59-47-29-25-27-45-43(31-33-49(55(45)47)61(70)67(52)59)42-30-32-48-54-44(42)26-24-28-46(54)58-63-56-50(62)36-40(3)37-51(56)66(58)60(48)69/h24-33,36-39H,4-23,34-35,62H2,1-3H3. The van der Waals surface area contributed by atoms with E-state index < -0.39 is 0 Å². The summed E-state index contributed by atoms with van der Waals surface area (Å²) in [4.78, 5) is 54.4. The molecule has 372 valence electrons. The molecule has 0 radical (unpaired) electrons. The monoisotopic (exact) mass is 964 g/mol. The minimum atomic E-state index is -0.339. The number of nitrogens with two attached hydrogens (primary N) is 1. The number of nitro groups is 1. The van der Waals surface area contributed by atoms with Crippen molar-refractivity contribution in [1.82, 2.24) is 18.8 Å². The van der Waals surface area contributed by atoms with Crippen LogP contribution < -0.4 is 21.8 Å². The Morgan fingerprint density at radius 3 is 1.43 bits per heavy atom. The molecule has 2 N–H and O–H groups in total. The molecule has 11 nitrogen and oxygen atoms in total. The van der Waals surface area contributed by atoms with E-state index in [1.165, 1.54) is 103 Å². The van der Waals surface area contributed by atoms with Gasteiger partial charge in [-0.05, 0) is 77.6 Å². The number of nitrogens with zero attached hydrogens (tertiary/aromatic N) is 6. The third-order valence-corrected chi connectivity index (χ3v) is 15.5. The first kappa shape index (κ1) is 48.7. The number of anilines is 2. The van der Waals surface area contributed by atoms with Crippen LogP contribution in [-0.4, -0.2) is 36.8 Å². The van der Waals surface area contributed by atoms with Crippen molar-refractivity contribution in [1.29, 1.82) is 0 Å². The Bertz CT molecular complexity index is 3680. The SMILES string of the molecule is CCCCCCCCCCCCN(CCCCCCCCCCCC)c1cc([N+](=O)[O-])c2nc3c4cccc5c(-c6ccc7c(=O)n8c9cc(C)cc(N)c9nc8c8cccc6c78)ccc(c(=O)n3c2c1)c54. The van der Waals surface area contributed by atoms with E-state index in [2.05, 4.69) is 18.7 Å². The second-order valence-corrected chi connectivity index (χ2v) is 20.6. The third-order valence-electron chi connectivity index (χ3n) is 15.5. The van der Waals surface area contributed by atoms with E-state index in [9.17, 15) is 14.9 Å². The first-order chi connectivity index (χ1) is 35.2. The Labute approximate surface area is 420 Å². The van der Waals surface area contributed by atoms with Gasteiger partial charge in [0, 0.05) is 57.2 Å². The third kappa shape index (κ3) is 9.15. The molecule has 0 bridgehead atoms. The molecule has 0 aliphatic carbocycles. The number of aryl methyl sites for hydroxylation is 1. The molecule has 4 aromatic heterocycles. The molecule has 0 unspecified atom stereocenters. The highest BCUT2D eigenvalue weighted by molar-refractivity contribution is 6.24. The predicted molar refractivity (Wildman–Crippen MR) is 301 cm³/mol. The maximum atomic E-state index is 15.0. The number of pyridine rings is 2. The Morgan fingerprint density at radius 2 is 0.958 bits per heavy atom. The molecule has 4 heterocycles. The van der Waals surface area contributed by atoms with Gasteiger partial charge < -0.3 is 10.6 Å². The molecule has 0 spiro atoms. The molecule has 11 heteroatoms. The van der Waals surface area contributed by atoms with Gasteiger partial charge >= 0.3 is 0 Å². The molecular formula is C61H69N7O4. The minimum Gasteiger partial charge on any atom is -0.397 e. The van der Waals surface area contributed by atoms with Gasteiger partial charge in [0.05, 0.1) is 21.6 Å². The molecule has 0 saturated carbocycles. The number of imidazole rings is 2. The van der Waals surface area contributed by atoms with Crippen LogP contribution in [-0.2, 0) is 0 Å². The fraction of sp³-hybridized carbons (Fsp3) is 0.410. The lowest BCUT2D eigenvalue weighted by Gasteiger charge is -2.25.